The van der Waals surface area contributed by atoms with Crippen molar-refractivity contribution in [1.82, 2.24) is 0 Å². The number of aliphatic imine (C=N–C) groups is 1. The van der Waals surface area contributed by atoms with E-state index in [1.54, 1.807) is 0 Å². The van der Waals surface area contributed by atoms with Crippen LogP contribution in [0.15, 0.2) is 100 Å². The standard InChI is InChI=1S/C28H23BrINO3/c1-2-32-27-17-21(16-26(30)28(27)33-19-20-8-10-22(29)11-9-20)18-31-23-12-14-25(15-13-23)34-24-6-4-3-5-7-24/h3-18H,2,19H2,1H3. The fraction of sp³-hybridized carbons (Fsp3) is 0.107. The second kappa shape index (κ2) is 12.0. The third-order valence-corrected chi connectivity index (χ3v) is 6.14. The highest BCUT2D eigenvalue weighted by Crippen LogP contribution is 2.35. The molecule has 0 aliphatic rings. The summed E-state index contributed by atoms with van der Waals surface area (Å²) in [4.78, 5) is 4.61. The van der Waals surface area contributed by atoms with E-state index in [-0.39, 0.29) is 0 Å². The van der Waals surface area contributed by atoms with Crippen molar-refractivity contribution < 1.29 is 14.2 Å². The van der Waals surface area contributed by atoms with Gasteiger partial charge in [-0.05, 0) is 101 Å². The van der Waals surface area contributed by atoms with Gasteiger partial charge in [-0.15, -0.1) is 0 Å². The van der Waals surface area contributed by atoms with E-state index >= 15 is 0 Å². The van der Waals surface area contributed by atoms with Gasteiger partial charge in [0.05, 0.1) is 15.9 Å². The molecule has 0 spiro atoms. The summed E-state index contributed by atoms with van der Waals surface area (Å²) >= 11 is 5.74. The summed E-state index contributed by atoms with van der Waals surface area (Å²) in [5, 5.41) is 0. The van der Waals surface area contributed by atoms with Crippen LogP contribution in [0.2, 0.25) is 0 Å². The number of benzene rings is 4. The van der Waals surface area contributed by atoms with E-state index in [4.69, 9.17) is 14.2 Å². The molecule has 0 unspecified atom stereocenters. The Morgan fingerprint density at radius 1 is 0.853 bits per heavy atom. The van der Waals surface area contributed by atoms with Gasteiger partial charge in [-0.1, -0.05) is 46.3 Å². The minimum atomic E-state index is 0.466. The zero-order valence-electron chi connectivity index (χ0n) is 18.6. The van der Waals surface area contributed by atoms with Gasteiger partial charge in [-0.2, -0.15) is 0 Å². The highest BCUT2D eigenvalue weighted by atomic mass is 127. The van der Waals surface area contributed by atoms with Gasteiger partial charge in [-0.3, -0.25) is 4.99 Å². The molecule has 0 aliphatic carbocycles. The summed E-state index contributed by atoms with van der Waals surface area (Å²) in [7, 11) is 0. The third kappa shape index (κ3) is 6.84. The SMILES string of the molecule is CCOc1cc(C=Nc2ccc(Oc3ccccc3)cc2)cc(I)c1OCc1ccc(Br)cc1. The molecule has 0 saturated carbocycles. The van der Waals surface area contributed by atoms with E-state index in [2.05, 4.69) is 43.5 Å². The van der Waals surface area contributed by atoms with E-state index in [1.807, 2.05) is 104 Å². The van der Waals surface area contributed by atoms with E-state index in [9.17, 15) is 0 Å². The van der Waals surface area contributed by atoms with Gasteiger partial charge in [-0.25, -0.2) is 0 Å². The Morgan fingerprint density at radius 3 is 2.26 bits per heavy atom. The van der Waals surface area contributed by atoms with Crippen molar-refractivity contribution in [3.63, 3.8) is 0 Å². The maximum Gasteiger partial charge on any atom is 0.175 e. The van der Waals surface area contributed by atoms with Crippen molar-refractivity contribution in [2.24, 2.45) is 4.99 Å². The van der Waals surface area contributed by atoms with Gasteiger partial charge in [0.1, 0.15) is 18.1 Å². The third-order valence-electron chi connectivity index (χ3n) is 4.81. The van der Waals surface area contributed by atoms with Gasteiger partial charge in [0.25, 0.3) is 0 Å². The van der Waals surface area contributed by atoms with Crippen LogP contribution in [0.1, 0.15) is 18.1 Å². The predicted molar refractivity (Wildman–Crippen MR) is 149 cm³/mol. The normalized spacial score (nSPS) is 10.9. The first kappa shape index (κ1) is 24.3. The van der Waals surface area contributed by atoms with Crippen molar-refractivity contribution in [2.75, 3.05) is 6.61 Å². The van der Waals surface area contributed by atoms with E-state index < -0.39 is 0 Å². The summed E-state index contributed by atoms with van der Waals surface area (Å²) in [6, 6.07) is 29.5. The van der Waals surface area contributed by atoms with Crippen molar-refractivity contribution >= 4 is 50.4 Å². The number of hydrogen-bond acceptors (Lipinski definition) is 4. The fourth-order valence-electron chi connectivity index (χ4n) is 3.18. The molecule has 0 heterocycles. The fourth-order valence-corrected chi connectivity index (χ4v) is 4.22. The average molecular weight is 628 g/mol. The van der Waals surface area contributed by atoms with Crippen molar-refractivity contribution in [3.8, 4) is 23.0 Å². The highest BCUT2D eigenvalue weighted by Gasteiger charge is 2.12. The molecule has 0 amide bonds. The Balaban J connectivity index is 1.46. The van der Waals surface area contributed by atoms with Crippen LogP contribution in [0.3, 0.4) is 0 Å². The second-order valence-electron chi connectivity index (χ2n) is 7.35. The summed E-state index contributed by atoms with van der Waals surface area (Å²) in [5.74, 6) is 3.02. The summed E-state index contributed by atoms with van der Waals surface area (Å²) in [6.07, 6.45) is 1.83. The van der Waals surface area contributed by atoms with Crippen LogP contribution in [-0.4, -0.2) is 12.8 Å². The molecule has 0 atom stereocenters. The Bertz CT molecular complexity index is 1240. The smallest absolute Gasteiger partial charge is 0.175 e. The quantitative estimate of drug-likeness (QED) is 0.138. The molecule has 6 heteroatoms. The van der Waals surface area contributed by atoms with Crippen molar-refractivity contribution in [3.05, 3.63) is 110 Å². The largest absolute Gasteiger partial charge is 0.490 e. The molecule has 34 heavy (non-hydrogen) atoms. The molecule has 4 aromatic rings. The minimum absolute atomic E-state index is 0.466. The number of para-hydroxylation sites is 1. The lowest BCUT2D eigenvalue weighted by Crippen LogP contribution is -2.02. The first-order valence-corrected chi connectivity index (χ1v) is 12.7. The van der Waals surface area contributed by atoms with Gasteiger partial charge >= 0.3 is 0 Å². The van der Waals surface area contributed by atoms with E-state index in [0.29, 0.717) is 19.0 Å². The number of hydrogen-bond donors (Lipinski definition) is 0. The maximum atomic E-state index is 6.12. The lowest BCUT2D eigenvalue weighted by Gasteiger charge is -2.15. The Labute approximate surface area is 221 Å². The predicted octanol–water partition coefficient (Wildman–Crippen LogP) is 8.57. The van der Waals surface area contributed by atoms with Crippen molar-refractivity contribution in [2.45, 2.75) is 13.5 Å². The summed E-state index contributed by atoms with van der Waals surface area (Å²) < 4.78 is 19.8. The Hall–Kier alpha value is -2.84. The molecule has 4 nitrogen and oxygen atoms in total. The van der Waals surface area contributed by atoms with Crippen LogP contribution < -0.4 is 14.2 Å². The van der Waals surface area contributed by atoms with Crippen LogP contribution in [0, 0.1) is 3.57 Å². The maximum absolute atomic E-state index is 6.12. The van der Waals surface area contributed by atoms with E-state index in [0.717, 1.165) is 42.1 Å². The topological polar surface area (TPSA) is 40.0 Å². The first-order valence-electron chi connectivity index (χ1n) is 10.8. The first-order chi connectivity index (χ1) is 16.6. The zero-order chi connectivity index (χ0) is 23.8. The zero-order valence-corrected chi connectivity index (χ0v) is 22.3. The number of nitrogens with zero attached hydrogens (tertiary/aromatic N) is 1. The van der Waals surface area contributed by atoms with Crippen LogP contribution in [-0.2, 0) is 6.61 Å². The molecule has 4 rings (SSSR count). The van der Waals surface area contributed by atoms with Gasteiger partial charge in [0, 0.05) is 10.7 Å². The molecular formula is C28H23BrINO3. The van der Waals surface area contributed by atoms with Crippen LogP contribution in [0.25, 0.3) is 0 Å². The van der Waals surface area contributed by atoms with Crippen molar-refractivity contribution in [1.29, 1.82) is 0 Å². The molecule has 172 valence electrons. The van der Waals surface area contributed by atoms with Crippen LogP contribution in [0.4, 0.5) is 5.69 Å². The monoisotopic (exact) mass is 627 g/mol. The van der Waals surface area contributed by atoms with Gasteiger partial charge < -0.3 is 14.2 Å². The molecule has 0 aliphatic heterocycles. The molecule has 0 bridgehead atoms. The average Bonchev–Trinajstić information content (AvgIpc) is 2.85. The highest BCUT2D eigenvalue weighted by molar-refractivity contribution is 14.1. The number of ether oxygens (including phenoxy) is 3. The number of rotatable bonds is 9. The lowest BCUT2D eigenvalue weighted by atomic mass is 10.2. The second-order valence-corrected chi connectivity index (χ2v) is 9.42. The van der Waals surface area contributed by atoms with Crippen LogP contribution in [0.5, 0.6) is 23.0 Å². The van der Waals surface area contributed by atoms with Crippen LogP contribution >= 0.6 is 38.5 Å². The summed E-state index contributed by atoms with van der Waals surface area (Å²) in [6.45, 7) is 2.98. The molecule has 0 saturated heterocycles. The molecule has 0 aromatic heterocycles. The molecule has 0 N–H and O–H groups in total. The van der Waals surface area contributed by atoms with E-state index in [1.165, 1.54) is 0 Å². The molecule has 0 fully saturated rings. The molecular weight excluding hydrogens is 605 g/mol. The lowest BCUT2D eigenvalue weighted by molar-refractivity contribution is 0.267. The Kier molecular flexibility index (Phi) is 8.60. The van der Waals surface area contributed by atoms with Gasteiger partial charge in [0.2, 0.25) is 0 Å². The Morgan fingerprint density at radius 2 is 1.56 bits per heavy atom. The minimum Gasteiger partial charge on any atom is -0.490 e. The molecule has 4 aromatic carbocycles. The summed E-state index contributed by atoms with van der Waals surface area (Å²) in [5.41, 5.74) is 2.86. The van der Waals surface area contributed by atoms with Gasteiger partial charge in [0.15, 0.2) is 11.5 Å². The molecule has 0 radical (unpaired) electrons. The number of halogens is 2.